The lowest BCUT2D eigenvalue weighted by Crippen LogP contribution is -2.14. The van der Waals surface area contributed by atoms with Crippen molar-refractivity contribution in [3.8, 4) is 0 Å². The van der Waals surface area contributed by atoms with E-state index in [2.05, 4.69) is 5.10 Å². The molecule has 8 heteroatoms. The van der Waals surface area contributed by atoms with Crippen molar-refractivity contribution in [2.75, 3.05) is 0 Å². The second kappa shape index (κ2) is 6.91. The number of hydrogen-bond acceptors (Lipinski definition) is 4. The molecule has 23 heavy (non-hydrogen) atoms. The molecule has 0 unspecified atom stereocenters. The lowest BCUT2D eigenvalue weighted by Gasteiger charge is -2.07. The molecule has 0 spiro atoms. The summed E-state index contributed by atoms with van der Waals surface area (Å²) in [6, 6.07) is 5.97. The standard InChI is InChI=1S/C15H17N3O5/c1-2-3-13-12(15(21)16-17(13)9-14(19)20)8-10-4-6-11(7-5-10)18(22)23/h4-7H,2-3,8-9H2,1H3,(H,16,21)(H,19,20). The first-order chi connectivity index (χ1) is 10.9. The molecule has 0 atom stereocenters. The van der Waals surface area contributed by atoms with Gasteiger partial charge in [0.15, 0.2) is 0 Å². The highest BCUT2D eigenvalue weighted by molar-refractivity contribution is 5.66. The number of aromatic amines is 1. The van der Waals surface area contributed by atoms with Gasteiger partial charge in [0.05, 0.1) is 4.92 Å². The van der Waals surface area contributed by atoms with E-state index in [0.29, 0.717) is 24.1 Å². The van der Waals surface area contributed by atoms with E-state index >= 15 is 0 Å². The molecule has 0 radical (unpaired) electrons. The van der Waals surface area contributed by atoms with Gasteiger partial charge in [0.1, 0.15) is 6.54 Å². The monoisotopic (exact) mass is 319 g/mol. The molecule has 1 aromatic carbocycles. The van der Waals surface area contributed by atoms with Crippen LogP contribution in [-0.4, -0.2) is 25.8 Å². The minimum absolute atomic E-state index is 0.0140. The van der Waals surface area contributed by atoms with E-state index < -0.39 is 10.9 Å². The van der Waals surface area contributed by atoms with Gasteiger partial charge in [-0.2, -0.15) is 0 Å². The minimum atomic E-state index is -1.03. The molecule has 0 aliphatic heterocycles. The van der Waals surface area contributed by atoms with E-state index in [9.17, 15) is 19.7 Å². The third-order valence-electron chi connectivity index (χ3n) is 3.49. The molecule has 0 aliphatic rings. The van der Waals surface area contributed by atoms with Gasteiger partial charge in [0.2, 0.25) is 0 Å². The molecule has 8 nitrogen and oxygen atoms in total. The number of aliphatic carboxylic acids is 1. The van der Waals surface area contributed by atoms with Crippen molar-refractivity contribution in [1.29, 1.82) is 0 Å². The van der Waals surface area contributed by atoms with Crippen LogP contribution in [0.5, 0.6) is 0 Å². The van der Waals surface area contributed by atoms with Gasteiger partial charge < -0.3 is 5.11 Å². The van der Waals surface area contributed by atoms with E-state index in [1.54, 1.807) is 12.1 Å². The van der Waals surface area contributed by atoms with Crippen LogP contribution in [0.1, 0.15) is 30.2 Å². The normalized spacial score (nSPS) is 10.7. The molecule has 122 valence electrons. The summed E-state index contributed by atoms with van der Waals surface area (Å²) in [6.45, 7) is 1.64. The molecule has 0 fully saturated rings. The fourth-order valence-corrected chi connectivity index (χ4v) is 2.47. The maximum Gasteiger partial charge on any atom is 0.325 e. The van der Waals surface area contributed by atoms with Crippen LogP contribution >= 0.6 is 0 Å². The summed E-state index contributed by atoms with van der Waals surface area (Å²) in [5, 5.41) is 22.1. The van der Waals surface area contributed by atoms with Crippen LogP contribution in [0.2, 0.25) is 0 Å². The highest BCUT2D eigenvalue weighted by atomic mass is 16.6. The summed E-state index contributed by atoms with van der Waals surface area (Å²) < 4.78 is 1.36. The van der Waals surface area contributed by atoms with Crippen molar-refractivity contribution < 1.29 is 14.8 Å². The zero-order valence-electron chi connectivity index (χ0n) is 12.6. The second-order valence-corrected chi connectivity index (χ2v) is 5.20. The highest BCUT2D eigenvalue weighted by Gasteiger charge is 2.16. The summed E-state index contributed by atoms with van der Waals surface area (Å²) in [7, 11) is 0. The fourth-order valence-electron chi connectivity index (χ4n) is 2.47. The summed E-state index contributed by atoms with van der Waals surface area (Å²) >= 11 is 0. The third kappa shape index (κ3) is 3.85. The minimum Gasteiger partial charge on any atom is -0.480 e. The van der Waals surface area contributed by atoms with Crippen LogP contribution in [0.3, 0.4) is 0 Å². The summed E-state index contributed by atoms with van der Waals surface area (Å²) in [5.74, 6) is -1.03. The lowest BCUT2D eigenvalue weighted by molar-refractivity contribution is -0.384. The summed E-state index contributed by atoms with van der Waals surface area (Å²) in [5.41, 5.74) is 1.58. The van der Waals surface area contributed by atoms with E-state index in [1.807, 2.05) is 6.92 Å². The number of non-ortho nitro benzene ring substituents is 1. The number of nitrogens with zero attached hydrogens (tertiary/aromatic N) is 2. The number of carboxylic acids is 1. The second-order valence-electron chi connectivity index (χ2n) is 5.20. The molecule has 0 saturated heterocycles. The molecule has 0 saturated carbocycles. The predicted molar refractivity (Wildman–Crippen MR) is 82.6 cm³/mol. The smallest absolute Gasteiger partial charge is 0.325 e. The molecule has 0 aliphatic carbocycles. The average Bonchev–Trinajstić information content (AvgIpc) is 2.76. The van der Waals surface area contributed by atoms with Gasteiger partial charge in [-0.25, -0.2) is 0 Å². The van der Waals surface area contributed by atoms with Gasteiger partial charge in [-0.15, -0.1) is 0 Å². The zero-order valence-corrected chi connectivity index (χ0v) is 12.6. The zero-order chi connectivity index (χ0) is 17.0. The Balaban J connectivity index is 2.34. The first-order valence-electron chi connectivity index (χ1n) is 7.18. The number of hydrogen-bond donors (Lipinski definition) is 2. The van der Waals surface area contributed by atoms with E-state index in [0.717, 1.165) is 12.0 Å². The Hall–Kier alpha value is -2.90. The number of nitro groups is 1. The fraction of sp³-hybridized carbons (Fsp3) is 0.333. The van der Waals surface area contributed by atoms with Crippen LogP contribution in [-0.2, 0) is 24.2 Å². The van der Waals surface area contributed by atoms with Gasteiger partial charge in [0.25, 0.3) is 11.2 Å². The summed E-state index contributed by atoms with van der Waals surface area (Å²) in [6.07, 6.45) is 1.65. The molecule has 2 aromatic rings. The average molecular weight is 319 g/mol. The molecular weight excluding hydrogens is 302 g/mol. The Bertz CT molecular complexity index is 773. The number of carbonyl (C=O) groups is 1. The van der Waals surface area contributed by atoms with Crippen LogP contribution in [0, 0.1) is 10.1 Å². The van der Waals surface area contributed by atoms with Crippen molar-refractivity contribution in [2.24, 2.45) is 0 Å². The van der Waals surface area contributed by atoms with Gasteiger partial charge in [-0.05, 0) is 12.0 Å². The van der Waals surface area contributed by atoms with Crippen LogP contribution in [0.25, 0.3) is 0 Å². The first kappa shape index (κ1) is 16.5. The van der Waals surface area contributed by atoms with E-state index in [-0.39, 0.29) is 17.8 Å². The van der Waals surface area contributed by atoms with Crippen molar-refractivity contribution in [2.45, 2.75) is 32.7 Å². The van der Waals surface area contributed by atoms with Gasteiger partial charge in [-0.3, -0.25) is 29.5 Å². The van der Waals surface area contributed by atoms with Gasteiger partial charge in [-0.1, -0.05) is 25.5 Å². The molecule has 1 heterocycles. The Kier molecular flexibility index (Phi) is 4.95. The molecule has 2 N–H and O–H groups in total. The number of H-pyrrole nitrogens is 1. The number of benzene rings is 1. The highest BCUT2D eigenvalue weighted by Crippen LogP contribution is 2.16. The SMILES string of the molecule is CCCc1c(Cc2ccc([N+](=O)[O-])cc2)c(=O)[nH]n1CC(=O)O. The summed E-state index contributed by atoms with van der Waals surface area (Å²) in [4.78, 5) is 33.2. The quantitative estimate of drug-likeness (QED) is 0.595. The van der Waals surface area contributed by atoms with E-state index in [4.69, 9.17) is 5.11 Å². The maximum absolute atomic E-state index is 12.1. The predicted octanol–water partition coefficient (Wildman–Crippen LogP) is 1.71. The Labute approximate surface area is 131 Å². The third-order valence-corrected chi connectivity index (χ3v) is 3.49. The van der Waals surface area contributed by atoms with Crippen molar-refractivity contribution >= 4 is 11.7 Å². The van der Waals surface area contributed by atoms with Gasteiger partial charge in [0, 0.05) is 29.8 Å². The van der Waals surface area contributed by atoms with Crippen LogP contribution in [0.4, 0.5) is 5.69 Å². The number of aromatic nitrogens is 2. The van der Waals surface area contributed by atoms with Crippen molar-refractivity contribution in [3.05, 3.63) is 61.6 Å². The number of rotatable bonds is 7. The Morgan fingerprint density at radius 1 is 1.35 bits per heavy atom. The topological polar surface area (TPSA) is 118 Å². The largest absolute Gasteiger partial charge is 0.480 e. The number of nitrogens with one attached hydrogen (secondary N) is 1. The first-order valence-corrected chi connectivity index (χ1v) is 7.18. The van der Waals surface area contributed by atoms with Crippen molar-refractivity contribution in [3.63, 3.8) is 0 Å². The van der Waals surface area contributed by atoms with Crippen LogP contribution in [0.15, 0.2) is 29.1 Å². The van der Waals surface area contributed by atoms with Crippen molar-refractivity contribution in [1.82, 2.24) is 9.78 Å². The molecule has 0 bridgehead atoms. The molecule has 2 rings (SSSR count). The number of nitro benzene ring substituents is 1. The molecular formula is C15H17N3O5. The lowest BCUT2D eigenvalue weighted by atomic mass is 10.0. The van der Waals surface area contributed by atoms with Crippen LogP contribution < -0.4 is 5.56 Å². The number of carboxylic acid groups (broad SMARTS) is 1. The molecule has 0 amide bonds. The Morgan fingerprint density at radius 3 is 2.52 bits per heavy atom. The Morgan fingerprint density at radius 2 is 2.00 bits per heavy atom. The van der Waals surface area contributed by atoms with E-state index in [1.165, 1.54) is 16.8 Å². The molecule has 1 aromatic heterocycles. The van der Waals surface area contributed by atoms with Gasteiger partial charge >= 0.3 is 5.97 Å². The maximum atomic E-state index is 12.1.